The van der Waals surface area contributed by atoms with E-state index in [9.17, 15) is 14.0 Å². The number of amides is 2. The van der Waals surface area contributed by atoms with Crippen molar-refractivity contribution in [3.8, 4) is 0 Å². The van der Waals surface area contributed by atoms with E-state index in [0.29, 0.717) is 24.0 Å². The number of nitrogens with zero attached hydrogens (tertiary/aromatic N) is 1. The van der Waals surface area contributed by atoms with Gasteiger partial charge >= 0.3 is 0 Å². The van der Waals surface area contributed by atoms with Crippen molar-refractivity contribution >= 4 is 11.8 Å². The second kappa shape index (κ2) is 7.58. The summed E-state index contributed by atoms with van der Waals surface area (Å²) >= 11 is 0. The molecule has 27 heavy (non-hydrogen) atoms. The van der Waals surface area contributed by atoms with Crippen molar-refractivity contribution < 1.29 is 14.0 Å². The molecule has 1 saturated heterocycles. The number of nitrogens with one attached hydrogen (secondary N) is 2. The number of carbonyl (C=O) groups is 2. The van der Waals surface area contributed by atoms with Gasteiger partial charge in [0.2, 0.25) is 0 Å². The standard InChI is InChI=1S/C21H22FN3O2/c22-16-4-1-14(2-5-16)13-15-3-6-18-19(21(27)24-20(18)26)17(15)7-10-25-11-8-23-9-12-25/h1-6,23H,7-13H2,(H,24,26,27). The molecule has 2 N–H and O–H groups in total. The highest BCUT2D eigenvalue weighted by molar-refractivity contribution is 6.22. The minimum Gasteiger partial charge on any atom is -0.314 e. The summed E-state index contributed by atoms with van der Waals surface area (Å²) in [5.41, 5.74) is 3.89. The molecule has 2 aliphatic heterocycles. The third kappa shape index (κ3) is 3.77. The molecule has 0 radical (unpaired) electrons. The number of rotatable bonds is 5. The molecule has 2 aliphatic rings. The third-order valence-electron chi connectivity index (χ3n) is 5.30. The van der Waals surface area contributed by atoms with Gasteiger partial charge in [0.05, 0.1) is 11.1 Å². The maximum Gasteiger partial charge on any atom is 0.259 e. The molecule has 1 fully saturated rings. The molecule has 0 aliphatic carbocycles. The second-order valence-electron chi connectivity index (χ2n) is 7.05. The predicted octanol–water partition coefficient (Wildman–Crippen LogP) is 1.75. The van der Waals surface area contributed by atoms with E-state index < -0.39 is 0 Å². The van der Waals surface area contributed by atoms with Crippen LogP contribution < -0.4 is 10.6 Å². The zero-order valence-electron chi connectivity index (χ0n) is 15.1. The molecule has 0 unspecified atom stereocenters. The first-order valence-corrected chi connectivity index (χ1v) is 9.30. The molecular formula is C21H22FN3O2. The normalized spacial score (nSPS) is 17.1. The molecule has 140 valence electrons. The van der Waals surface area contributed by atoms with Crippen LogP contribution in [0.25, 0.3) is 0 Å². The van der Waals surface area contributed by atoms with Crippen LogP contribution in [-0.2, 0) is 12.8 Å². The molecule has 4 rings (SSSR count). The van der Waals surface area contributed by atoms with E-state index in [1.807, 2.05) is 6.07 Å². The van der Waals surface area contributed by atoms with Gasteiger partial charge in [0.1, 0.15) is 5.82 Å². The first-order valence-electron chi connectivity index (χ1n) is 9.30. The van der Waals surface area contributed by atoms with Crippen LogP contribution >= 0.6 is 0 Å². The largest absolute Gasteiger partial charge is 0.314 e. The van der Waals surface area contributed by atoms with Gasteiger partial charge in [0.25, 0.3) is 11.8 Å². The summed E-state index contributed by atoms with van der Waals surface area (Å²) in [6.07, 6.45) is 1.31. The number of imide groups is 1. The van der Waals surface area contributed by atoms with E-state index in [-0.39, 0.29) is 17.6 Å². The highest BCUT2D eigenvalue weighted by Crippen LogP contribution is 2.26. The van der Waals surface area contributed by atoms with E-state index in [4.69, 9.17) is 0 Å². The molecule has 0 atom stereocenters. The Kier molecular flexibility index (Phi) is 5.01. The molecule has 0 spiro atoms. The van der Waals surface area contributed by atoms with Crippen LogP contribution in [0.1, 0.15) is 37.4 Å². The average molecular weight is 367 g/mol. The molecule has 2 aromatic rings. The summed E-state index contributed by atoms with van der Waals surface area (Å²) < 4.78 is 13.2. The van der Waals surface area contributed by atoms with Gasteiger partial charge in [0.15, 0.2) is 0 Å². The smallest absolute Gasteiger partial charge is 0.259 e. The second-order valence-corrected chi connectivity index (χ2v) is 7.05. The van der Waals surface area contributed by atoms with Crippen LogP contribution in [0.2, 0.25) is 0 Å². The van der Waals surface area contributed by atoms with Crippen LogP contribution in [-0.4, -0.2) is 49.4 Å². The highest BCUT2D eigenvalue weighted by atomic mass is 19.1. The van der Waals surface area contributed by atoms with Gasteiger partial charge in [-0.3, -0.25) is 14.9 Å². The van der Waals surface area contributed by atoms with Gasteiger partial charge in [-0.25, -0.2) is 4.39 Å². The van der Waals surface area contributed by atoms with Gasteiger partial charge in [-0.2, -0.15) is 0 Å². The van der Waals surface area contributed by atoms with Crippen molar-refractivity contribution in [2.24, 2.45) is 0 Å². The minimum absolute atomic E-state index is 0.267. The maximum absolute atomic E-state index is 13.2. The summed E-state index contributed by atoms with van der Waals surface area (Å²) in [6.45, 7) is 4.74. The van der Waals surface area contributed by atoms with Crippen LogP contribution in [0, 0.1) is 5.82 Å². The number of hydrogen-bond donors (Lipinski definition) is 2. The molecule has 6 heteroatoms. The summed E-state index contributed by atoms with van der Waals surface area (Å²) in [6, 6.07) is 10.1. The average Bonchev–Trinajstić information content (AvgIpc) is 2.97. The van der Waals surface area contributed by atoms with Crippen molar-refractivity contribution in [2.75, 3.05) is 32.7 Å². The predicted molar refractivity (Wildman–Crippen MR) is 100 cm³/mol. The Labute approximate surface area is 157 Å². The van der Waals surface area contributed by atoms with Crippen LogP contribution in [0.3, 0.4) is 0 Å². The summed E-state index contributed by atoms with van der Waals surface area (Å²) in [4.78, 5) is 26.8. The van der Waals surface area contributed by atoms with Gasteiger partial charge in [0, 0.05) is 32.7 Å². The summed E-state index contributed by atoms with van der Waals surface area (Å²) in [5, 5.41) is 5.74. The van der Waals surface area contributed by atoms with E-state index >= 15 is 0 Å². The lowest BCUT2D eigenvalue weighted by molar-refractivity contribution is 0.0879. The number of benzene rings is 2. The molecule has 0 bridgehead atoms. The van der Waals surface area contributed by atoms with Gasteiger partial charge in [-0.1, -0.05) is 18.2 Å². The van der Waals surface area contributed by atoms with Crippen LogP contribution in [0.15, 0.2) is 36.4 Å². The summed E-state index contributed by atoms with van der Waals surface area (Å²) in [7, 11) is 0. The Morgan fingerprint density at radius 1 is 0.963 bits per heavy atom. The molecule has 0 saturated carbocycles. The van der Waals surface area contributed by atoms with E-state index in [0.717, 1.165) is 49.4 Å². The van der Waals surface area contributed by atoms with Crippen molar-refractivity contribution in [1.82, 2.24) is 15.5 Å². The van der Waals surface area contributed by atoms with Crippen molar-refractivity contribution in [1.29, 1.82) is 0 Å². The SMILES string of the molecule is O=C1NC(=O)c2c1ccc(Cc1ccc(F)cc1)c2CCN1CCNCC1. The van der Waals surface area contributed by atoms with E-state index in [2.05, 4.69) is 15.5 Å². The number of halogens is 1. The fraction of sp³-hybridized carbons (Fsp3) is 0.333. The van der Waals surface area contributed by atoms with Gasteiger partial charge < -0.3 is 10.2 Å². The van der Waals surface area contributed by atoms with Gasteiger partial charge in [-0.05, 0) is 47.7 Å². The fourth-order valence-corrected chi connectivity index (χ4v) is 3.85. The number of fused-ring (bicyclic) bond motifs is 1. The zero-order chi connectivity index (χ0) is 18.8. The quantitative estimate of drug-likeness (QED) is 0.791. The Morgan fingerprint density at radius 3 is 2.44 bits per heavy atom. The fourth-order valence-electron chi connectivity index (χ4n) is 3.85. The molecule has 2 heterocycles. The molecule has 0 aromatic heterocycles. The topological polar surface area (TPSA) is 61.4 Å². The third-order valence-corrected chi connectivity index (χ3v) is 5.30. The van der Waals surface area contributed by atoms with E-state index in [1.165, 1.54) is 12.1 Å². The monoisotopic (exact) mass is 367 g/mol. The first-order chi connectivity index (χ1) is 13.1. The van der Waals surface area contributed by atoms with Crippen LogP contribution in [0.4, 0.5) is 4.39 Å². The Hall–Kier alpha value is -2.57. The van der Waals surface area contributed by atoms with Crippen molar-refractivity contribution in [2.45, 2.75) is 12.8 Å². The molecular weight excluding hydrogens is 345 g/mol. The zero-order valence-corrected chi connectivity index (χ0v) is 15.1. The van der Waals surface area contributed by atoms with E-state index in [1.54, 1.807) is 18.2 Å². The maximum atomic E-state index is 13.2. The Balaban J connectivity index is 1.65. The van der Waals surface area contributed by atoms with Gasteiger partial charge in [-0.15, -0.1) is 0 Å². The number of piperazine rings is 1. The Morgan fingerprint density at radius 2 is 1.70 bits per heavy atom. The summed E-state index contributed by atoms with van der Waals surface area (Å²) in [5.74, 6) is -0.908. The first kappa shape index (κ1) is 17.8. The Bertz CT molecular complexity index is 874. The minimum atomic E-state index is -0.327. The van der Waals surface area contributed by atoms with Crippen LogP contribution in [0.5, 0.6) is 0 Å². The lowest BCUT2D eigenvalue weighted by Crippen LogP contribution is -2.44. The lowest BCUT2D eigenvalue weighted by atomic mass is 9.91. The highest BCUT2D eigenvalue weighted by Gasteiger charge is 2.30. The molecule has 2 aromatic carbocycles. The molecule has 2 amide bonds. The lowest BCUT2D eigenvalue weighted by Gasteiger charge is -2.27. The van der Waals surface area contributed by atoms with Crippen molar-refractivity contribution in [3.63, 3.8) is 0 Å². The molecule has 5 nitrogen and oxygen atoms in total. The number of carbonyl (C=O) groups excluding carboxylic acids is 2. The van der Waals surface area contributed by atoms with Crippen molar-refractivity contribution in [3.05, 3.63) is 70.0 Å². The number of hydrogen-bond acceptors (Lipinski definition) is 4.